The standard InChI is InChI=1S/C9H7F3N2O2/c1-5-4-6(2-3-13)8(14-7(5)15)16-9(10,11)12/h4H,2H2,1H3,(H,14,15). The summed E-state index contributed by atoms with van der Waals surface area (Å²) in [4.78, 5) is 13.0. The fraction of sp³-hybridized carbons (Fsp3) is 0.333. The molecule has 0 radical (unpaired) electrons. The number of rotatable bonds is 2. The predicted molar refractivity (Wildman–Crippen MR) is 47.8 cm³/mol. The molecule has 4 nitrogen and oxygen atoms in total. The van der Waals surface area contributed by atoms with Gasteiger partial charge in [0.25, 0.3) is 5.56 Å². The van der Waals surface area contributed by atoms with Crippen LogP contribution in [0, 0.1) is 18.3 Å². The molecule has 0 aliphatic heterocycles. The van der Waals surface area contributed by atoms with Gasteiger partial charge < -0.3 is 4.74 Å². The fourth-order valence-electron chi connectivity index (χ4n) is 1.10. The van der Waals surface area contributed by atoms with Gasteiger partial charge in [-0.25, -0.2) is 0 Å². The van der Waals surface area contributed by atoms with Crippen LogP contribution in [0.2, 0.25) is 0 Å². The van der Waals surface area contributed by atoms with E-state index in [2.05, 4.69) is 4.74 Å². The number of aromatic nitrogens is 1. The number of nitrogens with zero attached hydrogens (tertiary/aromatic N) is 1. The molecule has 1 rings (SSSR count). The summed E-state index contributed by atoms with van der Waals surface area (Å²) in [6.07, 6.45) is -5.18. The Morgan fingerprint density at radius 1 is 1.56 bits per heavy atom. The van der Waals surface area contributed by atoms with Crippen molar-refractivity contribution in [1.29, 1.82) is 5.26 Å². The molecular formula is C9H7F3N2O2. The average molecular weight is 232 g/mol. The lowest BCUT2D eigenvalue weighted by atomic mass is 10.1. The minimum absolute atomic E-state index is 0.00285. The van der Waals surface area contributed by atoms with E-state index in [-0.39, 0.29) is 17.5 Å². The second-order valence-corrected chi connectivity index (χ2v) is 3.02. The Kier molecular flexibility index (Phi) is 3.22. The van der Waals surface area contributed by atoms with E-state index in [1.807, 2.05) is 4.98 Å². The molecule has 1 N–H and O–H groups in total. The van der Waals surface area contributed by atoms with Gasteiger partial charge in [-0.2, -0.15) is 5.26 Å². The van der Waals surface area contributed by atoms with Gasteiger partial charge in [-0.3, -0.25) is 9.78 Å². The number of alkyl halides is 3. The number of pyridine rings is 1. The Morgan fingerprint density at radius 2 is 2.19 bits per heavy atom. The van der Waals surface area contributed by atoms with Gasteiger partial charge in [0.05, 0.1) is 12.5 Å². The fourth-order valence-corrected chi connectivity index (χ4v) is 1.10. The summed E-state index contributed by atoms with van der Waals surface area (Å²) < 4.78 is 39.5. The lowest BCUT2D eigenvalue weighted by Crippen LogP contribution is -2.22. The Labute approximate surface area is 88.3 Å². The monoisotopic (exact) mass is 232 g/mol. The maximum absolute atomic E-state index is 12.0. The van der Waals surface area contributed by atoms with Crippen molar-refractivity contribution in [2.45, 2.75) is 19.7 Å². The number of nitriles is 1. The zero-order valence-electron chi connectivity index (χ0n) is 8.18. The van der Waals surface area contributed by atoms with Gasteiger partial charge in [0.2, 0.25) is 5.88 Å². The van der Waals surface area contributed by atoms with Gasteiger partial charge in [0, 0.05) is 11.1 Å². The minimum Gasteiger partial charge on any atom is -0.389 e. The average Bonchev–Trinajstić information content (AvgIpc) is 2.11. The van der Waals surface area contributed by atoms with E-state index in [1.54, 1.807) is 6.07 Å². The van der Waals surface area contributed by atoms with Crippen molar-refractivity contribution >= 4 is 0 Å². The van der Waals surface area contributed by atoms with Gasteiger partial charge in [0.1, 0.15) is 0 Å². The SMILES string of the molecule is Cc1cc(CC#N)c(OC(F)(F)F)[nH]c1=O. The molecule has 1 aromatic heterocycles. The third kappa shape index (κ3) is 3.02. The van der Waals surface area contributed by atoms with E-state index < -0.39 is 17.8 Å². The Hall–Kier alpha value is -1.97. The first-order chi connectivity index (χ1) is 7.33. The Bertz CT molecular complexity index is 485. The molecule has 0 atom stereocenters. The molecule has 0 unspecified atom stereocenters. The number of aromatic amines is 1. The van der Waals surface area contributed by atoms with Crippen LogP contribution < -0.4 is 10.3 Å². The lowest BCUT2D eigenvalue weighted by molar-refractivity contribution is -0.276. The summed E-state index contributed by atoms with van der Waals surface area (Å²) in [5.74, 6) is -0.732. The molecule has 0 bridgehead atoms. The highest BCUT2D eigenvalue weighted by Gasteiger charge is 2.32. The smallest absolute Gasteiger partial charge is 0.389 e. The van der Waals surface area contributed by atoms with Crippen LogP contribution in [0.5, 0.6) is 5.88 Å². The van der Waals surface area contributed by atoms with Crippen molar-refractivity contribution in [3.05, 3.63) is 27.5 Å². The van der Waals surface area contributed by atoms with E-state index in [9.17, 15) is 18.0 Å². The highest BCUT2D eigenvalue weighted by molar-refractivity contribution is 5.31. The minimum atomic E-state index is -4.90. The van der Waals surface area contributed by atoms with Crippen LogP contribution in [-0.4, -0.2) is 11.3 Å². The summed E-state index contributed by atoms with van der Waals surface area (Å²) in [7, 11) is 0. The molecule has 0 amide bonds. The molecule has 0 aromatic carbocycles. The van der Waals surface area contributed by atoms with Gasteiger partial charge in [-0.15, -0.1) is 13.2 Å². The maximum atomic E-state index is 12.0. The number of hydrogen-bond donors (Lipinski definition) is 1. The first kappa shape index (κ1) is 12.1. The number of ether oxygens (including phenoxy) is 1. The number of H-pyrrole nitrogens is 1. The van der Waals surface area contributed by atoms with Crippen molar-refractivity contribution < 1.29 is 17.9 Å². The number of halogens is 3. The van der Waals surface area contributed by atoms with Crippen LogP contribution in [0.1, 0.15) is 11.1 Å². The lowest BCUT2D eigenvalue weighted by Gasteiger charge is -2.11. The van der Waals surface area contributed by atoms with Gasteiger partial charge in [-0.05, 0) is 13.0 Å². The molecule has 0 aliphatic rings. The zero-order valence-corrected chi connectivity index (χ0v) is 8.18. The van der Waals surface area contributed by atoms with E-state index in [1.165, 1.54) is 13.0 Å². The molecule has 0 fully saturated rings. The van der Waals surface area contributed by atoms with Gasteiger partial charge in [0.15, 0.2) is 0 Å². The summed E-state index contributed by atoms with van der Waals surface area (Å²) in [6.45, 7) is 1.43. The van der Waals surface area contributed by atoms with E-state index in [0.717, 1.165) is 0 Å². The highest BCUT2D eigenvalue weighted by Crippen LogP contribution is 2.23. The van der Waals surface area contributed by atoms with Crippen LogP contribution >= 0.6 is 0 Å². The van der Waals surface area contributed by atoms with Crippen molar-refractivity contribution in [2.75, 3.05) is 0 Å². The maximum Gasteiger partial charge on any atom is 0.574 e. The van der Waals surface area contributed by atoms with Crippen LogP contribution in [0.3, 0.4) is 0 Å². The molecule has 16 heavy (non-hydrogen) atoms. The van der Waals surface area contributed by atoms with Crippen molar-refractivity contribution in [2.24, 2.45) is 0 Å². The Morgan fingerprint density at radius 3 is 2.69 bits per heavy atom. The molecule has 86 valence electrons. The normalized spacial score (nSPS) is 10.9. The third-order valence-corrected chi connectivity index (χ3v) is 1.75. The van der Waals surface area contributed by atoms with Crippen molar-refractivity contribution in [1.82, 2.24) is 4.98 Å². The van der Waals surface area contributed by atoms with Crippen LogP contribution in [0.15, 0.2) is 10.9 Å². The summed E-state index contributed by atoms with van der Waals surface area (Å²) in [5, 5.41) is 8.42. The largest absolute Gasteiger partial charge is 0.574 e. The Balaban J connectivity index is 3.21. The molecular weight excluding hydrogens is 225 g/mol. The summed E-state index contributed by atoms with van der Waals surface area (Å²) in [6, 6.07) is 2.88. The summed E-state index contributed by atoms with van der Waals surface area (Å²) >= 11 is 0. The quantitative estimate of drug-likeness (QED) is 0.842. The molecule has 0 saturated heterocycles. The van der Waals surface area contributed by atoms with Crippen LogP contribution in [0.25, 0.3) is 0 Å². The summed E-state index contributed by atoms with van der Waals surface area (Å²) in [5.41, 5.74) is -0.461. The molecule has 1 aromatic rings. The second-order valence-electron chi connectivity index (χ2n) is 3.02. The topological polar surface area (TPSA) is 65.9 Å². The first-order valence-electron chi connectivity index (χ1n) is 4.19. The highest BCUT2D eigenvalue weighted by atomic mass is 19.4. The molecule has 0 saturated carbocycles. The van der Waals surface area contributed by atoms with Crippen LogP contribution in [0.4, 0.5) is 13.2 Å². The van der Waals surface area contributed by atoms with E-state index in [0.29, 0.717) is 0 Å². The molecule has 1 heterocycles. The van der Waals surface area contributed by atoms with Gasteiger partial charge in [-0.1, -0.05) is 0 Å². The van der Waals surface area contributed by atoms with E-state index >= 15 is 0 Å². The van der Waals surface area contributed by atoms with Crippen LogP contribution in [-0.2, 0) is 6.42 Å². The predicted octanol–water partition coefficient (Wildman–Crippen LogP) is 1.65. The molecule has 0 aliphatic carbocycles. The van der Waals surface area contributed by atoms with E-state index in [4.69, 9.17) is 5.26 Å². The van der Waals surface area contributed by atoms with Crippen molar-refractivity contribution in [3.63, 3.8) is 0 Å². The molecule has 0 spiro atoms. The number of hydrogen-bond acceptors (Lipinski definition) is 3. The first-order valence-corrected chi connectivity index (χ1v) is 4.19. The second kappa shape index (κ2) is 4.26. The number of aryl methyl sites for hydroxylation is 1. The zero-order chi connectivity index (χ0) is 12.3. The number of nitrogens with one attached hydrogen (secondary N) is 1. The van der Waals surface area contributed by atoms with Gasteiger partial charge >= 0.3 is 6.36 Å². The van der Waals surface area contributed by atoms with Crippen molar-refractivity contribution in [3.8, 4) is 11.9 Å². The molecule has 7 heteroatoms. The third-order valence-electron chi connectivity index (χ3n) is 1.75.